The fourth-order valence-corrected chi connectivity index (χ4v) is 1.71. The summed E-state index contributed by atoms with van der Waals surface area (Å²) >= 11 is 0. The van der Waals surface area contributed by atoms with E-state index in [0.717, 1.165) is 23.5 Å². The summed E-state index contributed by atoms with van der Waals surface area (Å²) < 4.78 is 0. The number of nitrogens with zero attached hydrogens (tertiary/aromatic N) is 2. The molecule has 0 aromatic heterocycles. The summed E-state index contributed by atoms with van der Waals surface area (Å²) in [6.45, 7) is 11.8. The van der Waals surface area contributed by atoms with Crippen LogP contribution in [0.3, 0.4) is 0 Å². The maximum atomic E-state index is 4.53. The Balaban J connectivity index is 0.00000172. The minimum atomic E-state index is 0.154. The van der Waals surface area contributed by atoms with Crippen molar-refractivity contribution in [2.45, 2.75) is 26.3 Å². The molecule has 0 aliphatic carbocycles. The molecule has 0 spiro atoms. The molecule has 20 heavy (non-hydrogen) atoms. The number of hydrogen-bond donors (Lipinski definition) is 1. The summed E-state index contributed by atoms with van der Waals surface area (Å²) in [6.07, 6.45) is 8.60. The third kappa shape index (κ3) is 4.91. The van der Waals surface area contributed by atoms with Crippen molar-refractivity contribution >= 4 is 5.71 Å². The zero-order chi connectivity index (χ0) is 15.5. The molecule has 1 unspecified atom stereocenters. The summed E-state index contributed by atoms with van der Waals surface area (Å²) in [5.74, 6) is 6.64. The standard InChI is InChI=1S/C16H20N2.CH5N/c1-6-9-10-16-17-14(8-3)11-12-15(18(16)5)13(4)7-2;1-2/h8,10-12,15H,3-4,7H2,1-2,5H3;2H2,1H3/b16-10-;. The Hall–Kier alpha value is -2.05. The van der Waals surface area contributed by atoms with Crippen molar-refractivity contribution in [2.24, 2.45) is 10.7 Å². The second-order valence-corrected chi connectivity index (χ2v) is 4.06. The van der Waals surface area contributed by atoms with Crippen molar-refractivity contribution < 1.29 is 0 Å². The maximum Gasteiger partial charge on any atom is 0.138 e. The Bertz CT molecular complexity index is 484. The molecule has 108 valence electrons. The third-order valence-electron chi connectivity index (χ3n) is 2.90. The summed E-state index contributed by atoms with van der Waals surface area (Å²) in [5, 5.41) is 0. The number of aliphatic imine (C=N–C) groups is 1. The van der Waals surface area contributed by atoms with Crippen LogP contribution in [0.5, 0.6) is 0 Å². The van der Waals surface area contributed by atoms with E-state index < -0.39 is 0 Å². The van der Waals surface area contributed by atoms with Crippen LogP contribution in [0.25, 0.3) is 0 Å². The minimum Gasteiger partial charge on any atom is -0.349 e. The number of allylic oxidation sites excluding steroid dienone is 3. The van der Waals surface area contributed by atoms with Gasteiger partial charge in [0.15, 0.2) is 0 Å². The van der Waals surface area contributed by atoms with Gasteiger partial charge in [0.1, 0.15) is 5.82 Å². The van der Waals surface area contributed by atoms with E-state index in [4.69, 9.17) is 0 Å². The minimum absolute atomic E-state index is 0.154. The van der Waals surface area contributed by atoms with Crippen LogP contribution in [-0.4, -0.2) is 30.7 Å². The molecule has 1 aliphatic rings. The molecular weight excluding hydrogens is 246 g/mol. The molecule has 0 amide bonds. The van der Waals surface area contributed by atoms with Gasteiger partial charge in [-0.2, -0.15) is 0 Å². The average molecular weight is 271 g/mol. The van der Waals surface area contributed by atoms with E-state index in [1.165, 1.54) is 7.05 Å². The van der Waals surface area contributed by atoms with Crippen LogP contribution in [0.15, 0.2) is 53.8 Å². The van der Waals surface area contributed by atoms with Gasteiger partial charge in [-0.15, -0.1) is 5.92 Å². The lowest BCUT2D eigenvalue weighted by molar-refractivity contribution is 0.382. The third-order valence-corrected chi connectivity index (χ3v) is 2.90. The number of hydrogen-bond acceptors (Lipinski definition) is 3. The van der Waals surface area contributed by atoms with Crippen molar-refractivity contribution in [3.8, 4) is 11.8 Å². The second kappa shape index (κ2) is 9.82. The van der Waals surface area contributed by atoms with Crippen LogP contribution < -0.4 is 5.73 Å². The van der Waals surface area contributed by atoms with Crippen molar-refractivity contribution in [2.75, 3.05) is 14.1 Å². The zero-order valence-electron chi connectivity index (χ0n) is 13.0. The maximum absolute atomic E-state index is 4.53. The first-order valence-corrected chi connectivity index (χ1v) is 6.64. The molecule has 3 heteroatoms. The fraction of sp³-hybridized carbons (Fsp3) is 0.353. The van der Waals surface area contributed by atoms with E-state index in [0.29, 0.717) is 0 Å². The molecular formula is C17H25N3. The molecule has 3 nitrogen and oxygen atoms in total. The Morgan fingerprint density at radius 1 is 1.55 bits per heavy atom. The first kappa shape index (κ1) is 17.9. The van der Waals surface area contributed by atoms with E-state index in [2.05, 4.69) is 53.6 Å². The molecule has 0 saturated carbocycles. The van der Waals surface area contributed by atoms with Crippen molar-refractivity contribution in [1.82, 2.24) is 4.90 Å². The lowest BCUT2D eigenvalue weighted by Gasteiger charge is -2.27. The van der Waals surface area contributed by atoms with Crippen LogP contribution in [-0.2, 0) is 0 Å². The summed E-state index contributed by atoms with van der Waals surface area (Å²) in [4.78, 5) is 6.62. The number of rotatable bonds is 3. The summed E-state index contributed by atoms with van der Waals surface area (Å²) in [5.41, 5.74) is 6.50. The van der Waals surface area contributed by atoms with Crippen LogP contribution in [0.1, 0.15) is 20.3 Å². The highest BCUT2D eigenvalue weighted by atomic mass is 15.2. The monoisotopic (exact) mass is 271 g/mol. The predicted octanol–water partition coefficient (Wildman–Crippen LogP) is 2.89. The highest BCUT2D eigenvalue weighted by Crippen LogP contribution is 2.20. The van der Waals surface area contributed by atoms with Gasteiger partial charge in [0.05, 0.1) is 11.8 Å². The fourth-order valence-electron chi connectivity index (χ4n) is 1.71. The van der Waals surface area contributed by atoms with Crippen LogP contribution in [0.2, 0.25) is 0 Å². The molecule has 2 N–H and O–H groups in total. The van der Waals surface area contributed by atoms with E-state index in [-0.39, 0.29) is 6.04 Å². The Labute approximate surface area is 123 Å². The first-order chi connectivity index (χ1) is 9.63. The van der Waals surface area contributed by atoms with Gasteiger partial charge in [0.2, 0.25) is 0 Å². The molecule has 1 heterocycles. The lowest BCUT2D eigenvalue weighted by atomic mass is 10.0. The van der Waals surface area contributed by atoms with Gasteiger partial charge >= 0.3 is 0 Å². The molecule has 1 aliphatic heterocycles. The highest BCUT2D eigenvalue weighted by Gasteiger charge is 2.18. The molecule has 0 fully saturated rings. The predicted molar refractivity (Wildman–Crippen MR) is 89.4 cm³/mol. The van der Waals surface area contributed by atoms with Gasteiger partial charge in [-0.05, 0) is 32.5 Å². The SMILES string of the molecule is C=CC1=N/C(=C/C#CC)N(C)C(C(=C)CC)C=C1.CN. The van der Waals surface area contributed by atoms with Crippen molar-refractivity contribution in [1.29, 1.82) is 0 Å². The van der Waals surface area contributed by atoms with Gasteiger partial charge in [-0.25, -0.2) is 4.99 Å². The van der Waals surface area contributed by atoms with Gasteiger partial charge < -0.3 is 10.6 Å². The van der Waals surface area contributed by atoms with Gasteiger partial charge in [0.25, 0.3) is 0 Å². The van der Waals surface area contributed by atoms with Gasteiger partial charge in [0, 0.05) is 13.1 Å². The molecule has 1 rings (SSSR count). The molecule has 1 atom stereocenters. The highest BCUT2D eigenvalue weighted by molar-refractivity contribution is 6.04. The van der Waals surface area contributed by atoms with E-state index in [1.807, 2.05) is 26.1 Å². The molecule has 0 saturated heterocycles. The van der Waals surface area contributed by atoms with E-state index in [1.54, 1.807) is 6.08 Å². The van der Waals surface area contributed by atoms with Crippen LogP contribution >= 0.6 is 0 Å². The Morgan fingerprint density at radius 3 is 2.70 bits per heavy atom. The van der Waals surface area contributed by atoms with Gasteiger partial charge in [-0.3, -0.25) is 0 Å². The molecule has 0 radical (unpaired) electrons. The topological polar surface area (TPSA) is 41.6 Å². The van der Waals surface area contributed by atoms with Crippen LogP contribution in [0.4, 0.5) is 0 Å². The Kier molecular flexibility index (Phi) is 8.82. The molecule has 0 bridgehead atoms. The number of nitrogens with two attached hydrogens (primary N) is 1. The largest absolute Gasteiger partial charge is 0.349 e. The zero-order valence-corrected chi connectivity index (χ0v) is 13.0. The van der Waals surface area contributed by atoms with Crippen LogP contribution in [0, 0.1) is 11.8 Å². The normalized spacial score (nSPS) is 19.1. The Morgan fingerprint density at radius 2 is 2.20 bits per heavy atom. The molecule has 0 aromatic carbocycles. The van der Waals surface area contributed by atoms with Crippen molar-refractivity contribution in [3.63, 3.8) is 0 Å². The van der Waals surface area contributed by atoms with Gasteiger partial charge in [-0.1, -0.05) is 37.7 Å². The summed E-state index contributed by atoms with van der Waals surface area (Å²) in [6, 6.07) is 0.154. The molecule has 0 aromatic rings. The smallest absolute Gasteiger partial charge is 0.138 e. The van der Waals surface area contributed by atoms with E-state index >= 15 is 0 Å². The second-order valence-electron chi connectivity index (χ2n) is 4.06. The van der Waals surface area contributed by atoms with E-state index in [9.17, 15) is 0 Å². The summed E-state index contributed by atoms with van der Waals surface area (Å²) in [7, 11) is 3.51. The van der Waals surface area contributed by atoms with Crippen molar-refractivity contribution in [3.05, 3.63) is 48.9 Å². The quantitative estimate of drug-likeness (QED) is 0.633. The lowest BCUT2D eigenvalue weighted by Crippen LogP contribution is -2.29. The number of likely N-dealkylation sites (N-methyl/N-ethyl adjacent to an activating group) is 1. The average Bonchev–Trinajstić information content (AvgIpc) is 2.65. The first-order valence-electron chi connectivity index (χ1n) is 6.64.